The van der Waals surface area contributed by atoms with Gasteiger partial charge in [0, 0.05) is 35.3 Å². The maximum atomic E-state index is 12.3. The number of pyridine rings is 1. The van der Waals surface area contributed by atoms with E-state index in [1.165, 1.54) is 23.3 Å². The number of hydrogen-bond acceptors (Lipinski definition) is 8. The predicted octanol–water partition coefficient (Wildman–Crippen LogP) is 5.38. The molecule has 0 unspecified atom stereocenters. The molecule has 0 saturated heterocycles. The Hall–Kier alpha value is -3.40. The molecule has 2 aromatic rings. The lowest BCUT2D eigenvalue weighted by Gasteiger charge is -2.24. The zero-order valence-corrected chi connectivity index (χ0v) is 23.6. The van der Waals surface area contributed by atoms with Crippen molar-refractivity contribution in [2.75, 3.05) is 19.1 Å². The molecule has 10 heteroatoms. The summed E-state index contributed by atoms with van der Waals surface area (Å²) < 4.78 is 15.5. The van der Waals surface area contributed by atoms with Gasteiger partial charge in [0.05, 0.1) is 7.11 Å². The van der Waals surface area contributed by atoms with Crippen molar-refractivity contribution in [2.45, 2.75) is 71.6 Å². The molecule has 0 aliphatic rings. The minimum Gasteiger partial charge on any atom is -0.467 e. The summed E-state index contributed by atoms with van der Waals surface area (Å²) in [5.74, 6) is -0.0384. The van der Waals surface area contributed by atoms with Gasteiger partial charge in [-0.15, -0.1) is 11.3 Å². The molecular weight excluding hydrogens is 494 g/mol. The molecule has 2 heterocycles. The fourth-order valence-electron chi connectivity index (χ4n) is 3.07. The molecule has 0 fully saturated rings. The predicted molar refractivity (Wildman–Crippen MR) is 145 cm³/mol. The molecule has 2 rings (SSSR count). The third-order valence-corrected chi connectivity index (χ3v) is 5.75. The summed E-state index contributed by atoms with van der Waals surface area (Å²) in [6.45, 7) is 10.7. The first-order valence-electron chi connectivity index (χ1n) is 11.9. The maximum Gasteiger partial charge on any atom is 0.415 e. The summed E-state index contributed by atoms with van der Waals surface area (Å²) in [5, 5.41) is 2.59. The molecule has 2 aromatic heterocycles. The number of carbonyl (C=O) groups excluding carboxylic acids is 3. The van der Waals surface area contributed by atoms with Gasteiger partial charge in [-0.3, -0.25) is 4.90 Å². The molecule has 2 amide bonds. The van der Waals surface area contributed by atoms with Crippen LogP contribution in [0.2, 0.25) is 0 Å². The molecule has 0 aliphatic carbocycles. The Morgan fingerprint density at radius 2 is 1.73 bits per heavy atom. The second kappa shape index (κ2) is 12.7. The standard InChI is InChI=1S/C27H37N3O6S/c1-26(2,3)35-24(32)29-21(23(31)34-8)17-20-16-15-19(37-20)13-9-11-18-12-10-14-22(28-18)30(7)25(33)36-27(4,5)6/h9-10,12-16,21H,11,17H2,1-8H3,(H,29,32)/b13-9+/t21-/m0/s1. The Labute approximate surface area is 222 Å². The smallest absolute Gasteiger partial charge is 0.415 e. The van der Waals surface area contributed by atoms with E-state index < -0.39 is 35.4 Å². The largest absolute Gasteiger partial charge is 0.467 e. The van der Waals surface area contributed by atoms with Crippen molar-refractivity contribution in [1.82, 2.24) is 10.3 Å². The number of thiophene rings is 1. The average Bonchev–Trinajstić information content (AvgIpc) is 3.22. The van der Waals surface area contributed by atoms with Crippen LogP contribution >= 0.6 is 11.3 Å². The number of esters is 1. The second-order valence-electron chi connectivity index (χ2n) is 10.4. The topological polar surface area (TPSA) is 107 Å². The van der Waals surface area contributed by atoms with Crippen LogP contribution in [-0.2, 0) is 31.8 Å². The lowest BCUT2D eigenvalue weighted by atomic mass is 10.2. The van der Waals surface area contributed by atoms with Crippen LogP contribution in [0.15, 0.2) is 36.4 Å². The molecule has 37 heavy (non-hydrogen) atoms. The van der Waals surface area contributed by atoms with Crippen LogP contribution in [0.4, 0.5) is 15.4 Å². The first kappa shape index (κ1) is 29.8. The second-order valence-corrected chi connectivity index (χ2v) is 11.6. The zero-order chi connectivity index (χ0) is 27.8. The van der Waals surface area contributed by atoms with Gasteiger partial charge in [-0.25, -0.2) is 19.4 Å². The number of allylic oxidation sites excluding steroid dienone is 1. The summed E-state index contributed by atoms with van der Waals surface area (Å²) in [5.41, 5.74) is -0.465. The summed E-state index contributed by atoms with van der Waals surface area (Å²) in [6.07, 6.45) is 3.65. The minimum atomic E-state index is -0.857. The molecule has 1 atom stereocenters. The van der Waals surface area contributed by atoms with Crippen molar-refractivity contribution in [3.05, 3.63) is 51.9 Å². The van der Waals surface area contributed by atoms with E-state index in [0.29, 0.717) is 12.2 Å². The van der Waals surface area contributed by atoms with Crippen molar-refractivity contribution in [3.8, 4) is 0 Å². The van der Waals surface area contributed by atoms with Crippen LogP contribution in [0.25, 0.3) is 6.08 Å². The highest BCUT2D eigenvalue weighted by molar-refractivity contribution is 7.12. The van der Waals surface area contributed by atoms with Crippen molar-refractivity contribution >= 4 is 41.4 Å². The van der Waals surface area contributed by atoms with Gasteiger partial charge in [0.2, 0.25) is 0 Å². The van der Waals surface area contributed by atoms with Crippen molar-refractivity contribution in [1.29, 1.82) is 0 Å². The van der Waals surface area contributed by atoms with Gasteiger partial charge in [-0.2, -0.15) is 0 Å². The van der Waals surface area contributed by atoms with Gasteiger partial charge in [-0.05, 0) is 71.9 Å². The normalized spacial score (nSPS) is 12.6. The van der Waals surface area contributed by atoms with E-state index in [1.54, 1.807) is 33.9 Å². The van der Waals surface area contributed by atoms with Gasteiger partial charge in [0.1, 0.15) is 23.1 Å². The highest BCUT2D eigenvalue weighted by atomic mass is 32.1. The number of hydrogen-bond donors (Lipinski definition) is 1. The van der Waals surface area contributed by atoms with Gasteiger partial charge in [-0.1, -0.05) is 12.1 Å². The Morgan fingerprint density at radius 3 is 2.35 bits per heavy atom. The van der Waals surface area contributed by atoms with E-state index >= 15 is 0 Å². The zero-order valence-electron chi connectivity index (χ0n) is 22.8. The average molecular weight is 532 g/mol. The monoisotopic (exact) mass is 531 g/mol. The molecule has 9 nitrogen and oxygen atoms in total. The molecule has 0 aliphatic heterocycles. The quantitative estimate of drug-likeness (QED) is 0.360. The van der Waals surface area contributed by atoms with Crippen LogP contribution in [0.3, 0.4) is 0 Å². The summed E-state index contributed by atoms with van der Waals surface area (Å²) in [4.78, 5) is 44.5. The van der Waals surface area contributed by atoms with Crippen LogP contribution < -0.4 is 10.2 Å². The van der Waals surface area contributed by atoms with E-state index in [-0.39, 0.29) is 6.42 Å². The molecule has 0 aromatic carbocycles. The van der Waals surface area contributed by atoms with Gasteiger partial charge in [0.25, 0.3) is 0 Å². The number of aromatic nitrogens is 1. The molecular formula is C27H37N3O6S. The lowest BCUT2D eigenvalue weighted by molar-refractivity contribution is -0.143. The molecule has 1 N–H and O–H groups in total. The summed E-state index contributed by atoms with van der Waals surface area (Å²) in [7, 11) is 2.91. The number of nitrogens with zero attached hydrogens (tertiary/aromatic N) is 2. The Morgan fingerprint density at radius 1 is 1.05 bits per heavy atom. The number of amides is 2. The van der Waals surface area contributed by atoms with Crippen molar-refractivity contribution in [3.63, 3.8) is 0 Å². The maximum absolute atomic E-state index is 12.3. The fraction of sp³-hybridized carbons (Fsp3) is 0.481. The molecule has 0 saturated carbocycles. The molecule has 0 bridgehead atoms. The number of nitrogens with one attached hydrogen (secondary N) is 1. The number of rotatable bonds is 8. The van der Waals surface area contributed by atoms with Crippen LogP contribution in [-0.4, -0.2) is 54.5 Å². The Bertz CT molecular complexity index is 1110. The number of anilines is 1. The molecule has 0 spiro atoms. The van der Waals surface area contributed by atoms with E-state index in [1.807, 2.05) is 57.2 Å². The first-order valence-corrected chi connectivity index (χ1v) is 12.7. The van der Waals surface area contributed by atoms with Crippen molar-refractivity contribution < 1.29 is 28.6 Å². The Balaban J connectivity index is 2.01. The third-order valence-electron chi connectivity index (χ3n) is 4.68. The third kappa shape index (κ3) is 10.6. The SMILES string of the molecule is COC(=O)[C@H](Cc1ccc(/C=C/Cc2cccc(N(C)C(=O)OC(C)(C)C)n2)s1)NC(=O)OC(C)(C)C. The molecule has 202 valence electrons. The minimum absolute atomic E-state index is 0.283. The van der Waals surface area contributed by atoms with E-state index in [9.17, 15) is 14.4 Å². The van der Waals surface area contributed by atoms with E-state index in [4.69, 9.17) is 14.2 Å². The number of methoxy groups -OCH3 is 1. The van der Waals surface area contributed by atoms with E-state index in [2.05, 4.69) is 10.3 Å². The lowest BCUT2D eigenvalue weighted by Crippen LogP contribution is -2.45. The van der Waals surface area contributed by atoms with Crippen molar-refractivity contribution in [2.24, 2.45) is 0 Å². The first-order chi connectivity index (χ1) is 17.2. The van der Waals surface area contributed by atoms with Crippen LogP contribution in [0.5, 0.6) is 0 Å². The summed E-state index contributed by atoms with van der Waals surface area (Å²) >= 11 is 1.51. The van der Waals surface area contributed by atoms with Crippen LogP contribution in [0, 0.1) is 0 Å². The number of alkyl carbamates (subject to hydrolysis) is 1. The number of ether oxygens (including phenoxy) is 3. The van der Waals surface area contributed by atoms with Gasteiger partial charge < -0.3 is 19.5 Å². The fourth-order valence-corrected chi connectivity index (χ4v) is 4.06. The van der Waals surface area contributed by atoms with Gasteiger partial charge in [0.15, 0.2) is 0 Å². The highest BCUT2D eigenvalue weighted by Gasteiger charge is 2.26. The van der Waals surface area contributed by atoms with E-state index in [0.717, 1.165) is 15.4 Å². The van der Waals surface area contributed by atoms with Crippen LogP contribution in [0.1, 0.15) is 57.0 Å². The highest BCUT2D eigenvalue weighted by Crippen LogP contribution is 2.21. The van der Waals surface area contributed by atoms with Gasteiger partial charge >= 0.3 is 18.2 Å². The Kier molecular flexibility index (Phi) is 10.2. The summed E-state index contributed by atoms with van der Waals surface area (Å²) in [6, 6.07) is 8.49. The molecule has 0 radical (unpaired) electrons. The number of carbonyl (C=O) groups is 3.